The Bertz CT molecular complexity index is 1250. The van der Waals surface area contributed by atoms with Gasteiger partial charge in [-0.05, 0) is 71.1 Å². The zero-order valence-corrected chi connectivity index (χ0v) is 22.4. The van der Waals surface area contributed by atoms with Crippen molar-refractivity contribution in [2.75, 3.05) is 31.1 Å². The molecule has 0 spiro atoms. The van der Waals surface area contributed by atoms with E-state index in [2.05, 4.69) is 57.6 Å². The molecule has 1 amide bonds. The van der Waals surface area contributed by atoms with E-state index in [4.69, 9.17) is 0 Å². The summed E-state index contributed by atoms with van der Waals surface area (Å²) in [5, 5.41) is 0. The summed E-state index contributed by atoms with van der Waals surface area (Å²) in [5.41, 5.74) is 4.59. The fourth-order valence-corrected chi connectivity index (χ4v) is 7.40. The van der Waals surface area contributed by atoms with Gasteiger partial charge in [-0.2, -0.15) is 4.72 Å². The summed E-state index contributed by atoms with van der Waals surface area (Å²) >= 11 is 4.44. The van der Waals surface area contributed by atoms with Crippen LogP contribution in [0.3, 0.4) is 0 Å². The number of aryl methyl sites for hydroxylation is 1. The zero-order chi connectivity index (χ0) is 24.3. The number of thiophene rings is 1. The first kappa shape index (κ1) is 24.9. The molecular weight excluding hydrogens is 534 g/mol. The van der Waals surface area contributed by atoms with Crippen molar-refractivity contribution in [2.24, 2.45) is 0 Å². The lowest BCUT2D eigenvalue weighted by Gasteiger charge is -2.38. The number of amides is 1. The molecular formula is C25H28BrN3O3S2. The summed E-state index contributed by atoms with van der Waals surface area (Å²) in [6, 6.07) is 18.2. The van der Waals surface area contributed by atoms with Crippen LogP contribution in [-0.2, 0) is 21.2 Å². The molecule has 0 bridgehead atoms. The van der Waals surface area contributed by atoms with Crippen molar-refractivity contribution in [1.82, 2.24) is 9.62 Å². The predicted molar refractivity (Wildman–Crippen MR) is 141 cm³/mol. The number of carbonyl (C=O) groups excluding carboxylic acids is 1. The molecule has 6 nitrogen and oxygen atoms in total. The fraction of sp³-hybridized carbons (Fsp3) is 0.320. The number of piperazine rings is 1. The molecule has 9 heteroatoms. The number of carbonyl (C=O) groups is 1. The molecule has 34 heavy (non-hydrogen) atoms. The number of hydrogen-bond donors (Lipinski definition) is 1. The van der Waals surface area contributed by atoms with Crippen LogP contribution in [0.1, 0.15) is 16.7 Å². The minimum absolute atomic E-state index is 0.185. The van der Waals surface area contributed by atoms with E-state index in [9.17, 15) is 13.2 Å². The van der Waals surface area contributed by atoms with E-state index < -0.39 is 16.1 Å². The third kappa shape index (κ3) is 5.71. The highest BCUT2D eigenvalue weighted by atomic mass is 79.9. The average Bonchev–Trinajstić information content (AvgIpc) is 3.28. The third-order valence-corrected chi connectivity index (χ3v) is 9.79. The van der Waals surface area contributed by atoms with Gasteiger partial charge in [0.1, 0.15) is 10.3 Å². The van der Waals surface area contributed by atoms with Gasteiger partial charge < -0.3 is 9.80 Å². The predicted octanol–water partition coefficient (Wildman–Crippen LogP) is 4.37. The van der Waals surface area contributed by atoms with Crippen molar-refractivity contribution in [3.05, 3.63) is 81.1 Å². The molecule has 1 saturated heterocycles. The third-order valence-electron chi connectivity index (χ3n) is 6.20. The van der Waals surface area contributed by atoms with Gasteiger partial charge in [0.05, 0.1) is 3.79 Å². The summed E-state index contributed by atoms with van der Waals surface area (Å²) in [6.07, 6.45) is 0.294. The van der Waals surface area contributed by atoms with Crippen LogP contribution in [-0.4, -0.2) is 51.4 Å². The van der Waals surface area contributed by atoms with Crippen LogP contribution in [0.25, 0.3) is 0 Å². The maximum atomic E-state index is 13.6. The quantitative estimate of drug-likeness (QED) is 0.465. The Morgan fingerprint density at radius 2 is 1.71 bits per heavy atom. The van der Waals surface area contributed by atoms with E-state index in [0.29, 0.717) is 32.6 Å². The lowest BCUT2D eigenvalue weighted by molar-refractivity contribution is -0.133. The Hall–Kier alpha value is -2.20. The average molecular weight is 563 g/mol. The number of hydrogen-bond acceptors (Lipinski definition) is 5. The smallest absolute Gasteiger partial charge is 0.250 e. The Balaban J connectivity index is 1.51. The minimum atomic E-state index is -3.83. The number of anilines is 1. The minimum Gasteiger partial charge on any atom is -0.368 e. The molecule has 3 aromatic rings. The van der Waals surface area contributed by atoms with Gasteiger partial charge in [-0.3, -0.25) is 4.79 Å². The fourth-order valence-electron chi connectivity index (χ4n) is 4.18. The van der Waals surface area contributed by atoms with E-state index in [-0.39, 0.29) is 10.1 Å². The van der Waals surface area contributed by atoms with Crippen LogP contribution in [0.2, 0.25) is 0 Å². The van der Waals surface area contributed by atoms with E-state index >= 15 is 0 Å². The molecule has 4 rings (SSSR count). The topological polar surface area (TPSA) is 69.7 Å². The maximum absolute atomic E-state index is 13.6. The van der Waals surface area contributed by atoms with Gasteiger partial charge >= 0.3 is 0 Å². The SMILES string of the molecule is Cc1cccc(N2CCN(C(=O)[C@@H](Cc3ccccc3)NS(=O)(=O)c3ccc(Br)s3)CC2)c1C. The van der Waals surface area contributed by atoms with Crippen LogP contribution in [0.5, 0.6) is 0 Å². The maximum Gasteiger partial charge on any atom is 0.250 e. The van der Waals surface area contributed by atoms with Gasteiger partial charge in [-0.15, -0.1) is 11.3 Å². The van der Waals surface area contributed by atoms with E-state index in [1.807, 2.05) is 30.3 Å². The number of nitrogens with one attached hydrogen (secondary N) is 1. The molecule has 2 heterocycles. The summed E-state index contributed by atoms with van der Waals surface area (Å²) < 4.78 is 29.7. The largest absolute Gasteiger partial charge is 0.368 e. The lowest BCUT2D eigenvalue weighted by Crippen LogP contribution is -2.55. The molecule has 1 fully saturated rings. The van der Waals surface area contributed by atoms with E-state index in [0.717, 1.165) is 20.7 Å². The normalized spacial score (nSPS) is 15.4. The first-order chi connectivity index (χ1) is 16.2. The number of nitrogens with zero attached hydrogens (tertiary/aromatic N) is 2. The first-order valence-electron chi connectivity index (χ1n) is 11.2. The second-order valence-electron chi connectivity index (χ2n) is 8.45. The summed E-state index contributed by atoms with van der Waals surface area (Å²) in [7, 11) is -3.83. The van der Waals surface area contributed by atoms with Gasteiger partial charge in [0.25, 0.3) is 10.0 Å². The van der Waals surface area contributed by atoms with Crippen LogP contribution >= 0.6 is 27.3 Å². The molecule has 0 unspecified atom stereocenters. The molecule has 2 aromatic carbocycles. The van der Waals surface area contributed by atoms with Gasteiger partial charge in [0.2, 0.25) is 5.91 Å². The molecule has 0 saturated carbocycles. The number of benzene rings is 2. The van der Waals surface area contributed by atoms with Crippen molar-refractivity contribution in [3.8, 4) is 0 Å². The Kier molecular flexibility index (Phi) is 7.77. The Morgan fingerprint density at radius 1 is 1.00 bits per heavy atom. The summed E-state index contributed by atoms with van der Waals surface area (Å²) in [5.74, 6) is -0.191. The molecule has 180 valence electrons. The molecule has 1 atom stereocenters. The van der Waals surface area contributed by atoms with E-state index in [1.54, 1.807) is 17.0 Å². The highest BCUT2D eigenvalue weighted by Crippen LogP contribution is 2.27. The van der Waals surface area contributed by atoms with Crippen molar-refractivity contribution < 1.29 is 13.2 Å². The monoisotopic (exact) mass is 561 g/mol. The number of sulfonamides is 1. The second-order valence-corrected chi connectivity index (χ2v) is 12.9. The van der Waals surface area contributed by atoms with Crippen molar-refractivity contribution >= 4 is 48.9 Å². The molecule has 1 aliphatic heterocycles. The summed E-state index contributed by atoms with van der Waals surface area (Å²) in [6.45, 7) is 6.73. The standard InChI is InChI=1S/C25H28BrN3O3S2/c1-18-7-6-10-22(19(18)2)28-13-15-29(16-14-28)25(30)21(17-20-8-4-3-5-9-20)27-34(31,32)24-12-11-23(26)33-24/h3-12,21,27H,13-17H2,1-2H3/t21-/m1/s1. The van der Waals surface area contributed by atoms with Crippen LogP contribution < -0.4 is 9.62 Å². The lowest BCUT2D eigenvalue weighted by atomic mass is 10.0. The number of rotatable bonds is 7. The highest BCUT2D eigenvalue weighted by molar-refractivity contribution is 9.11. The second kappa shape index (κ2) is 10.6. The molecule has 1 aliphatic rings. The van der Waals surface area contributed by atoms with Crippen molar-refractivity contribution in [2.45, 2.75) is 30.5 Å². The Morgan fingerprint density at radius 3 is 2.35 bits per heavy atom. The highest BCUT2D eigenvalue weighted by Gasteiger charge is 2.32. The van der Waals surface area contributed by atoms with Crippen molar-refractivity contribution in [1.29, 1.82) is 0 Å². The molecule has 0 aliphatic carbocycles. The van der Waals surface area contributed by atoms with Gasteiger partial charge in [0.15, 0.2) is 0 Å². The molecule has 0 radical (unpaired) electrons. The van der Waals surface area contributed by atoms with E-state index in [1.165, 1.54) is 16.8 Å². The molecule has 1 aromatic heterocycles. The number of halogens is 1. The van der Waals surface area contributed by atoms with Gasteiger partial charge in [-0.1, -0.05) is 42.5 Å². The molecule has 1 N–H and O–H groups in total. The van der Waals surface area contributed by atoms with Gasteiger partial charge in [0, 0.05) is 31.9 Å². The first-order valence-corrected chi connectivity index (χ1v) is 14.3. The van der Waals surface area contributed by atoms with Crippen LogP contribution in [0.4, 0.5) is 5.69 Å². The van der Waals surface area contributed by atoms with Crippen molar-refractivity contribution in [3.63, 3.8) is 0 Å². The zero-order valence-electron chi connectivity index (χ0n) is 19.2. The van der Waals surface area contributed by atoms with Crippen LogP contribution in [0, 0.1) is 13.8 Å². The van der Waals surface area contributed by atoms with Crippen LogP contribution in [0.15, 0.2) is 68.7 Å². The Labute approximate surface area is 213 Å². The van der Waals surface area contributed by atoms with Gasteiger partial charge in [-0.25, -0.2) is 8.42 Å². The summed E-state index contributed by atoms with van der Waals surface area (Å²) in [4.78, 5) is 17.6.